The van der Waals surface area contributed by atoms with E-state index in [1.165, 1.54) is 0 Å². The molecule has 1 heterocycles. The average molecular weight is 309 g/mol. The number of carbonyl (C=O) groups excluding carboxylic acids is 1. The molecule has 2 aliphatic rings. The van der Waals surface area contributed by atoms with Crippen LogP contribution in [0.15, 0.2) is 24.3 Å². The second-order valence-corrected chi connectivity index (χ2v) is 6.34. The molecule has 1 aromatic rings. The summed E-state index contributed by atoms with van der Waals surface area (Å²) in [7, 11) is 0. The SMILES string of the molecule is NC1CCC(C(=O)N2CCOC(c3ccccc3Cl)C2)C1. The number of nitrogens with two attached hydrogens (primary N) is 1. The van der Waals surface area contributed by atoms with Crippen molar-refractivity contribution in [1.29, 1.82) is 0 Å². The summed E-state index contributed by atoms with van der Waals surface area (Å²) >= 11 is 6.23. The van der Waals surface area contributed by atoms with Crippen molar-refractivity contribution in [2.45, 2.75) is 31.4 Å². The molecule has 1 aliphatic heterocycles. The molecule has 3 rings (SSSR count). The highest BCUT2D eigenvalue weighted by Gasteiger charge is 2.34. The molecule has 21 heavy (non-hydrogen) atoms. The molecule has 1 amide bonds. The molecular formula is C16H21ClN2O2. The summed E-state index contributed by atoms with van der Waals surface area (Å²) in [4.78, 5) is 14.5. The van der Waals surface area contributed by atoms with Gasteiger partial charge in [0, 0.05) is 29.1 Å². The minimum Gasteiger partial charge on any atom is -0.370 e. The molecule has 4 nitrogen and oxygen atoms in total. The molecule has 1 saturated heterocycles. The second-order valence-electron chi connectivity index (χ2n) is 5.94. The predicted octanol–water partition coefficient (Wildman–Crippen LogP) is 2.37. The van der Waals surface area contributed by atoms with Gasteiger partial charge in [-0.2, -0.15) is 0 Å². The number of rotatable bonds is 2. The summed E-state index contributed by atoms with van der Waals surface area (Å²) in [5.74, 6) is 0.313. The van der Waals surface area contributed by atoms with Crippen LogP contribution in [0.4, 0.5) is 0 Å². The van der Waals surface area contributed by atoms with Gasteiger partial charge in [0.05, 0.1) is 13.2 Å². The van der Waals surface area contributed by atoms with E-state index in [4.69, 9.17) is 22.1 Å². The van der Waals surface area contributed by atoms with Gasteiger partial charge in [0.2, 0.25) is 5.91 Å². The first kappa shape index (κ1) is 14.8. The standard InChI is InChI=1S/C16H21ClN2O2/c17-14-4-2-1-3-13(14)15-10-19(7-8-21-15)16(20)11-5-6-12(18)9-11/h1-4,11-12,15H,5-10,18H2. The lowest BCUT2D eigenvalue weighted by Gasteiger charge is -2.35. The Hall–Kier alpha value is -1.10. The maximum Gasteiger partial charge on any atom is 0.225 e. The average Bonchev–Trinajstić information content (AvgIpc) is 2.94. The maximum atomic E-state index is 12.6. The number of amides is 1. The normalized spacial score (nSPS) is 29.6. The number of carbonyl (C=O) groups is 1. The van der Waals surface area contributed by atoms with E-state index in [1.807, 2.05) is 29.2 Å². The van der Waals surface area contributed by atoms with E-state index in [1.54, 1.807) is 0 Å². The van der Waals surface area contributed by atoms with Gasteiger partial charge in [-0.3, -0.25) is 4.79 Å². The molecule has 114 valence electrons. The molecule has 0 bridgehead atoms. The molecule has 3 atom stereocenters. The Balaban J connectivity index is 1.68. The van der Waals surface area contributed by atoms with Crippen molar-refractivity contribution >= 4 is 17.5 Å². The van der Waals surface area contributed by atoms with Crippen LogP contribution >= 0.6 is 11.6 Å². The first-order valence-corrected chi connectivity index (χ1v) is 7.93. The van der Waals surface area contributed by atoms with Gasteiger partial charge < -0.3 is 15.4 Å². The summed E-state index contributed by atoms with van der Waals surface area (Å²) in [6.07, 6.45) is 2.54. The summed E-state index contributed by atoms with van der Waals surface area (Å²) in [5.41, 5.74) is 6.88. The van der Waals surface area contributed by atoms with Crippen molar-refractivity contribution in [3.05, 3.63) is 34.9 Å². The highest BCUT2D eigenvalue weighted by Crippen LogP contribution is 2.31. The Labute approximate surface area is 130 Å². The van der Waals surface area contributed by atoms with Crippen LogP contribution in [0.1, 0.15) is 30.9 Å². The fourth-order valence-electron chi connectivity index (χ4n) is 3.27. The number of hydrogen-bond acceptors (Lipinski definition) is 3. The van der Waals surface area contributed by atoms with Crippen molar-refractivity contribution in [3.8, 4) is 0 Å². The van der Waals surface area contributed by atoms with Gasteiger partial charge in [-0.1, -0.05) is 29.8 Å². The highest BCUT2D eigenvalue weighted by molar-refractivity contribution is 6.31. The lowest BCUT2D eigenvalue weighted by Crippen LogP contribution is -2.44. The molecule has 5 heteroatoms. The molecule has 3 unspecified atom stereocenters. The highest BCUT2D eigenvalue weighted by atomic mass is 35.5. The van der Waals surface area contributed by atoms with Crippen molar-refractivity contribution in [1.82, 2.24) is 4.90 Å². The predicted molar refractivity (Wildman–Crippen MR) is 82.0 cm³/mol. The Bertz CT molecular complexity index is 523. The number of halogens is 1. The van der Waals surface area contributed by atoms with Gasteiger partial charge in [0.1, 0.15) is 6.10 Å². The third kappa shape index (κ3) is 3.23. The number of nitrogens with zero attached hydrogens (tertiary/aromatic N) is 1. The molecule has 2 fully saturated rings. The van der Waals surface area contributed by atoms with E-state index in [0.29, 0.717) is 24.7 Å². The van der Waals surface area contributed by atoms with Crippen LogP contribution in [0.3, 0.4) is 0 Å². The summed E-state index contributed by atoms with van der Waals surface area (Å²) in [6, 6.07) is 7.85. The molecule has 1 aromatic carbocycles. The van der Waals surface area contributed by atoms with Gasteiger partial charge in [0.25, 0.3) is 0 Å². The monoisotopic (exact) mass is 308 g/mol. The van der Waals surface area contributed by atoms with Gasteiger partial charge in [0.15, 0.2) is 0 Å². The Morgan fingerprint density at radius 1 is 1.33 bits per heavy atom. The Kier molecular flexibility index (Phi) is 4.48. The lowest BCUT2D eigenvalue weighted by molar-refractivity contribution is -0.143. The zero-order valence-corrected chi connectivity index (χ0v) is 12.8. The Morgan fingerprint density at radius 3 is 2.86 bits per heavy atom. The molecule has 2 N–H and O–H groups in total. The number of ether oxygens (including phenoxy) is 1. The molecule has 1 saturated carbocycles. The number of benzene rings is 1. The van der Waals surface area contributed by atoms with Gasteiger partial charge >= 0.3 is 0 Å². The van der Waals surface area contributed by atoms with Crippen LogP contribution in [0, 0.1) is 5.92 Å². The maximum absolute atomic E-state index is 12.6. The van der Waals surface area contributed by atoms with Gasteiger partial charge in [-0.25, -0.2) is 0 Å². The van der Waals surface area contributed by atoms with Crippen LogP contribution < -0.4 is 5.73 Å². The zero-order chi connectivity index (χ0) is 14.8. The molecule has 0 spiro atoms. The largest absolute Gasteiger partial charge is 0.370 e. The summed E-state index contributed by atoms with van der Waals surface area (Å²) < 4.78 is 5.81. The molecule has 0 radical (unpaired) electrons. The minimum absolute atomic E-state index is 0.0880. The minimum atomic E-state index is -0.133. The fourth-order valence-corrected chi connectivity index (χ4v) is 3.53. The van der Waals surface area contributed by atoms with Crippen molar-refractivity contribution in [2.24, 2.45) is 11.7 Å². The van der Waals surface area contributed by atoms with Crippen LogP contribution in [-0.2, 0) is 9.53 Å². The molecular weight excluding hydrogens is 288 g/mol. The van der Waals surface area contributed by atoms with Crippen molar-refractivity contribution in [2.75, 3.05) is 19.7 Å². The van der Waals surface area contributed by atoms with Crippen LogP contribution in [0.2, 0.25) is 5.02 Å². The topological polar surface area (TPSA) is 55.6 Å². The third-order valence-corrected chi connectivity index (χ3v) is 4.80. The molecule has 1 aliphatic carbocycles. The van der Waals surface area contributed by atoms with Crippen molar-refractivity contribution in [3.63, 3.8) is 0 Å². The van der Waals surface area contributed by atoms with E-state index < -0.39 is 0 Å². The van der Waals surface area contributed by atoms with Crippen LogP contribution in [-0.4, -0.2) is 36.5 Å². The van der Waals surface area contributed by atoms with E-state index in [0.717, 1.165) is 24.8 Å². The number of hydrogen-bond donors (Lipinski definition) is 1. The first-order chi connectivity index (χ1) is 10.1. The van der Waals surface area contributed by atoms with Gasteiger partial charge in [-0.05, 0) is 25.3 Å². The first-order valence-electron chi connectivity index (χ1n) is 7.55. The second kappa shape index (κ2) is 6.34. The van der Waals surface area contributed by atoms with E-state index in [2.05, 4.69) is 0 Å². The zero-order valence-electron chi connectivity index (χ0n) is 12.0. The number of morpholine rings is 1. The van der Waals surface area contributed by atoms with E-state index >= 15 is 0 Å². The summed E-state index contributed by atoms with van der Waals surface area (Å²) in [6.45, 7) is 1.79. The van der Waals surface area contributed by atoms with E-state index in [9.17, 15) is 4.79 Å². The van der Waals surface area contributed by atoms with E-state index in [-0.39, 0.29) is 24.0 Å². The quantitative estimate of drug-likeness (QED) is 0.912. The van der Waals surface area contributed by atoms with Gasteiger partial charge in [-0.15, -0.1) is 0 Å². The fraction of sp³-hybridized carbons (Fsp3) is 0.562. The molecule has 0 aromatic heterocycles. The smallest absolute Gasteiger partial charge is 0.225 e. The van der Waals surface area contributed by atoms with Crippen molar-refractivity contribution < 1.29 is 9.53 Å². The van der Waals surface area contributed by atoms with Crippen LogP contribution in [0.5, 0.6) is 0 Å². The van der Waals surface area contributed by atoms with Crippen LogP contribution in [0.25, 0.3) is 0 Å². The third-order valence-electron chi connectivity index (χ3n) is 4.45. The lowest BCUT2D eigenvalue weighted by atomic mass is 10.0. The Morgan fingerprint density at radius 2 is 2.14 bits per heavy atom. The summed E-state index contributed by atoms with van der Waals surface area (Å²) in [5, 5.41) is 0.694.